The van der Waals surface area contributed by atoms with Crippen LogP contribution in [0.5, 0.6) is 23.0 Å². The van der Waals surface area contributed by atoms with Gasteiger partial charge in [-0.25, -0.2) is 0 Å². The molecule has 0 saturated heterocycles. The second-order valence-electron chi connectivity index (χ2n) is 11.2. The lowest BCUT2D eigenvalue weighted by molar-refractivity contribution is -0.139. The number of halogens is 6. The molecule has 4 N–H and O–H groups in total. The Bertz CT molecular complexity index is 1520. The predicted molar refractivity (Wildman–Crippen MR) is 156 cm³/mol. The molecule has 0 fully saturated rings. The van der Waals surface area contributed by atoms with E-state index in [4.69, 9.17) is 20.9 Å². The Hall–Kier alpha value is -4.34. The molecule has 0 amide bonds. The fourth-order valence-electron chi connectivity index (χ4n) is 6.03. The van der Waals surface area contributed by atoms with Crippen LogP contribution in [0.25, 0.3) is 0 Å². The maximum Gasteiger partial charge on any atom is 0.420 e. The quantitative estimate of drug-likeness (QED) is 0.170. The van der Waals surface area contributed by atoms with E-state index in [1.165, 1.54) is 24.3 Å². The van der Waals surface area contributed by atoms with Crippen LogP contribution in [-0.4, -0.2) is 0 Å². The molecule has 0 aliphatic heterocycles. The van der Waals surface area contributed by atoms with Gasteiger partial charge in [-0.05, 0) is 122 Å². The molecule has 4 aromatic carbocycles. The third-order valence-electron chi connectivity index (χ3n) is 7.34. The molecule has 0 aliphatic carbocycles. The normalized spacial score (nSPS) is 12.4. The molecule has 0 bridgehead atoms. The summed E-state index contributed by atoms with van der Waals surface area (Å²) in [5.74, 6) is -0.230. The van der Waals surface area contributed by atoms with Crippen LogP contribution in [-0.2, 0) is 17.8 Å². The van der Waals surface area contributed by atoms with Crippen molar-refractivity contribution in [3.05, 3.63) is 105 Å². The fourth-order valence-corrected chi connectivity index (χ4v) is 6.03. The molecule has 228 valence electrons. The lowest BCUT2D eigenvalue weighted by Gasteiger charge is -2.33. The van der Waals surface area contributed by atoms with Crippen molar-refractivity contribution in [1.82, 2.24) is 0 Å². The predicted octanol–water partition coefficient (Wildman–Crippen LogP) is 10.0. The largest absolute Gasteiger partial charge is 0.457 e. The highest BCUT2D eigenvalue weighted by Crippen LogP contribution is 2.45. The second-order valence-corrected chi connectivity index (χ2v) is 11.2. The van der Waals surface area contributed by atoms with E-state index in [0.29, 0.717) is 0 Å². The summed E-state index contributed by atoms with van der Waals surface area (Å²) in [4.78, 5) is 0. The molecule has 4 rings (SSSR count). The van der Waals surface area contributed by atoms with Gasteiger partial charge in [-0.1, -0.05) is 13.8 Å². The van der Waals surface area contributed by atoms with Gasteiger partial charge in [0.1, 0.15) is 34.1 Å². The van der Waals surface area contributed by atoms with Crippen molar-refractivity contribution in [2.24, 2.45) is 0 Å². The van der Waals surface area contributed by atoms with Crippen LogP contribution in [0, 0.1) is 27.7 Å². The van der Waals surface area contributed by atoms with Crippen molar-refractivity contribution < 1.29 is 35.8 Å². The number of aryl methyl sites for hydroxylation is 4. The van der Waals surface area contributed by atoms with Crippen LogP contribution in [0.15, 0.2) is 60.7 Å². The summed E-state index contributed by atoms with van der Waals surface area (Å²) in [6.45, 7) is 11.4. The van der Waals surface area contributed by atoms with Gasteiger partial charge in [-0.2, -0.15) is 26.3 Å². The minimum absolute atomic E-state index is 0.0273. The average Bonchev–Trinajstić information content (AvgIpc) is 2.83. The monoisotopic (exact) mass is 602 g/mol. The van der Waals surface area contributed by atoms with Gasteiger partial charge >= 0.3 is 12.4 Å². The molecule has 10 heteroatoms. The Labute approximate surface area is 246 Å². The summed E-state index contributed by atoms with van der Waals surface area (Å²) in [6, 6.07) is 13.5. The van der Waals surface area contributed by atoms with Crippen LogP contribution < -0.4 is 20.9 Å². The fraction of sp³-hybridized carbons (Fsp3) is 0.273. The number of rotatable bonds is 6. The summed E-state index contributed by atoms with van der Waals surface area (Å²) in [5.41, 5.74) is 13.6. The smallest absolute Gasteiger partial charge is 0.420 e. The van der Waals surface area contributed by atoms with Gasteiger partial charge in [-0.15, -0.1) is 0 Å². The Kier molecular flexibility index (Phi) is 8.12. The molecular weight excluding hydrogens is 570 g/mol. The Balaban J connectivity index is 1.70. The average molecular weight is 603 g/mol. The number of nitrogens with two attached hydrogens (primary N) is 2. The van der Waals surface area contributed by atoms with E-state index >= 15 is 0 Å². The van der Waals surface area contributed by atoms with Gasteiger partial charge < -0.3 is 20.9 Å². The van der Waals surface area contributed by atoms with Gasteiger partial charge in [0.15, 0.2) is 0 Å². The number of benzene rings is 4. The van der Waals surface area contributed by atoms with E-state index in [9.17, 15) is 26.3 Å². The van der Waals surface area contributed by atoms with Crippen molar-refractivity contribution in [3.63, 3.8) is 0 Å². The van der Waals surface area contributed by atoms with Crippen molar-refractivity contribution in [2.75, 3.05) is 11.5 Å². The molecule has 4 aromatic rings. The molecular formula is C33H32F6N2O2. The molecule has 0 heterocycles. The van der Waals surface area contributed by atoms with Crippen molar-refractivity contribution in [1.29, 1.82) is 0 Å². The number of hydrogen-bond acceptors (Lipinski definition) is 4. The van der Waals surface area contributed by atoms with Gasteiger partial charge in [-0.3, -0.25) is 0 Å². The second kappa shape index (κ2) is 11.1. The van der Waals surface area contributed by atoms with E-state index in [-0.39, 0.29) is 34.4 Å². The number of alkyl halides is 6. The van der Waals surface area contributed by atoms with Gasteiger partial charge in [0.25, 0.3) is 0 Å². The lowest BCUT2D eigenvalue weighted by Crippen LogP contribution is -2.24. The van der Waals surface area contributed by atoms with Crippen LogP contribution in [0.2, 0.25) is 0 Å². The Morgan fingerprint density at radius 1 is 0.512 bits per heavy atom. The van der Waals surface area contributed by atoms with Gasteiger partial charge in [0.2, 0.25) is 0 Å². The highest BCUT2D eigenvalue weighted by Gasteiger charge is 2.36. The molecule has 0 unspecified atom stereocenters. The summed E-state index contributed by atoms with van der Waals surface area (Å²) >= 11 is 0. The maximum absolute atomic E-state index is 13.6. The topological polar surface area (TPSA) is 70.5 Å². The first-order valence-electron chi connectivity index (χ1n) is 13.3. The SMILES string of the molecule is Cc1cc(Oc2ccc(N)cc2C(F)(F)F)cc(C)c1C(C)(C)c1c(C)cc(Oc2ccc(N)cc2C(F)(F)F)cc1C. The van der Waals surface area contributed by atoms with Gasteiger partial charge in [0, 0.05) is 16.8 Å². The van der Waals surface area contributed by atoms with Gasteiger partial charge in [0.05, 0.1) is 0 Å². The van der Waals surface area contributed by atoms with E-state index in [1.54, 1.807) is 24.3 Å². The number of anilines is 2. The molecule has 0 aromatic heterocycles. The number of hydrogen-bond donors (Lipinski definition) is 2. The van der Waals surface area contributed by atoms with Crippen LogP contribution in [0.4, 0.5) is 37.7 Å². The Morgan fingerprint density at radius 2 is 0.814 bits per heavy atom. The van der Waals surface area contributed by atoms with Crippen LogP contribution >= 0.6 is 0 Å². The van der Waals surface area contributed by atoms with Crippen molar-refractivity contribution >= 4 is 11.4 Å². The maximum atomic E-state index is 13.6. The molecule has 0 atom stereocenters. The molecule has 43 heavy (non-hydrogen) atoms. The minimum Gasteiger partial charge on any atom is -0.457 e. The molecule has 0 aliphatic rings. The molecule has 0 radical (unpaired) electrons. The zero-order valence-corrected chi connectivity index (χ0v) is 24.5. The Morgan fingerprint density at radius 3 is 1.09 bits per heavy atom. The first-order valence-corrected chi connectivity index (χ1v) is 13.3. The molecule has 4 nitrogen and oxygen atoms in total. The summed E-state index contributed by atoms with van der Waals surface area (Å²) in [6.07, 6.45) is -9.30. The van der Waals surface area contributed by atoms with Crippen molar-refractivity contribution in [2.45, 2.75) is 59.3 Å². The highest BCUT2D eigenvalue weighted by molar-refractivity contribution is 5.57. The van der Waals surface area contributed by atoms with E-state index in [2.05, 4.69) is 0 Å². The third-order valence-corrected chi connectivity index (χ3v) is 7.34. The molecule has 0 spiro atoms. The number of ether oxygens (including phenoxy) is 2. The minimum atomic E-state index is -4.65. The zero-order chi connectivity index (χ0) is 32.1. The summed E-state index contributed by atoms with van der Waals surface area (Å²) in [7, 11) is 0. The first-order chi connectivity index (χ1) is 19.8. The van der Waals surface area contributed by atoms with E-state index < -0.39 is 28.9 Å². The first kappa shape index (κ1) is 31.6. The third kappa shape index (κ3) is 6.53. The van der Waals surface area contributed by atoms with E-state index in [0.717, 1.165) is 45.5 Å². The highest BCUT2D eigenvalue weighted by atomic mass is 19.4. The summed E-state index contributed by atoms with van der Waals surface area (Å²) < 4.78 is 93.1. The van der Waals surface area contributed by atoms with Crippen LogP contribution in [0.3, 0.4) is 0 Å². The summed E-state index contributed by atoms with van der Waals surface area (Å²) in [5, 5.41) is 0. The van der Waals surface area contributed by atoms with Crippen LogP contribution in [0.1, 0.15) is 58.4 Å². The lowest BCUT2D eigenvalue weighted by atomic mass is 9.71. The molecule has 0 saturated carbocycles. The number of nitrogen functional groups attached to an aromatic ring is 2. The van der Waals surface area contributed by atoms with Crippen molar-refractivity contribution in [3.8, 4) is 23.0 Å². The standard InChI is InChI=1S/C33H32F6N2O2/c1-17-11-23(42-27-9-7-21(40)15-25(27)32(34,35)36)12-18(2)29(17)31(5,6)30-19(3)13-24(14-20(30)4)43-28-10-8-22(41)16-26(28)33(37,38)39/h7-16H,40-41H2,1-6H3. The zero-order valence-electron chi connectivity index (χ0n) is 24.5. The van der Waals surface area contributed by atoms with E-state index in [1.807, 2.05) is 41.5 Å².